The minimum Gasteiger partial charge on any atom is -0.359 e. The summed E-state index contributed by atoms with van der Waals surface area (Å²) in [6, 6.07) is 0. The predicted octanol–water partition coefficient (Wildman–Crippen LogP) is 1.14. The molecule has 0 bridgehead atoms. The first-order chi connectivity index (χ1) is 7.72. The number of nitrogens with zero attached hydrogens (tertiary/aromatic N) is 4. The molecule has 5 nitrogen and oxygen atoms in total. The average Bonchev–Trinajstić information content (AvgIpc) is 2.90. The molecule has 2 heterocycles. The summed E-state index contributed by atoms with van der Waals surface area (Å²) < 4.78 is 1.79. The van der Waals surface area contributed by atoms with Crippen molar-refractivity contribution in [2.75, 3.05) is 12.3 Å². The molecular formula is C10H17N5S. The molecule has 0 radical (unpaired) electrons. The van der Waals surface area contributed by atoms with Crippen LogP contribution >= 0.6 is 11.8 Å². The van der Waals surface area contributed by atoms with E-state index in [1.54, 1.807) is 22.6 Å². The van der Waals surface area contributed by atoms with Crippen LogP contribution < -0.4 is 5.32 Å². The molecule has 0 saturated carbocycles. The quantitative estimate of drug-likeness (QED) is 0.856. The van der Waals surface area contributed by atoms with Gasteiger partial charge in [0.15, 0.2) is 5.17 Å². The maximum absolute atomic E-state index is 4.52. The maximum atomic E-state index is 4.52. The van der Waals surface area contributed by atoms with E-state index in [1.165, 1.54) is 0 Å². The Labute approximate surface area is 99.7 Å². The van der Waals surface area contributed by atoms with Crippen molar-refractivity contribution in [3.05, 3.63) is 12.4 Å². The molecule has 0 amide bonds. The Bertz CT molecular complexity index is 361. The Kier molecular flexibility index (Phi) is 3.48. The first-order valence-electron chi connectivity index (χ1n) is 5.51. The van der Waals surface area contributed by atoms with Crippen LogP contribution in [0.3, 0.4) is 0 Å². The monoisotopic (exact) mass is 239 g/mol. The Morgan fingerprint density at radius 1 is 1.69 bits per heavy atom. The highest BCUT2D eigenvalue weighted by atomic mass is 32.2. The van der Waals surface area contributed by atoms with E-state index in [0.717, 1.165) is 30.4 Å². The van der Waals surface area contributed by atoms with Crippen LogP contribution in [0.5, 0.6) is 0 Å². The van der Waals surface area contributed by atoms with Gasteiger partial charge in [-0.2, -0.15) is 0 Å². The Morgan fingerprint density at radius 3 is 3.19 bits per heavy atom. The number of aliphatic imine (C=N–C) groups is 1. The zero-order valence-corrected chi connectivity index (χ0v) is 10.5. The summed E-state index contributed by atoms with van der Waals surface area (Å²) >= 11 is 1.80. The van der Waals surface area contributed by atoms with Crippen LogP contribution in [0.1, 0.15) is 20.3 Å². The molecule has 1 N–H and O–H groups in total. The fourth-order valence-electron chi connectivity index (χ4n) is 1.44. The van der Waals surface area contributed by atoms with Gasteiger partial charge in [0.1, 0.15) is 0 Å². The second-order valence-corrected chi connectivity index (χ2v) is 5.14. The molecular weight excluding hydrogens is 222 g/mol. The number of thioether (sulfide) groups is 1. The maximum Gasteiger partial charge on any atom is 0.157 e. The second-order valence-electron chi connectivity index (χ2n) is 4.18. The van der Waals surface area contributed by atoms with E-state index in [4.69, 9.17) is 0 Å². The van der Waals surface area contributed by atoms with E-state index in [9.17, 15) is 0 Å². The van der Waals surface area contributed by atoms with Crippen LogP contribution in [0.2, 0.25) is 0 Å². The van der Waals surface area contributed by atoms with E-state index in [-0.39, 0.29) is 5.54 Å². The summed E-state index contributed by atoms with van der Waals surface area (Å²) in [5.74, 6) is 1.10. The van der Waals surface area contributed by atoms with Crippen LogP contribution in [-0.2, 0) is 6.54 Å². The number of rotatable bonds is 4. The Morgan fingerprint density at radius 2 is 2.56 bits per heavy atom. The highest BCUT2D eigenvalue weighted by Crippen LogP contribution is 2.25. The van der Waals surface area contributed by atoms with E-state index in [0.29, 0.717) is 0 Å². The molecule has 0 aliphatic carbocycles. The molecule has 1 aromatic rings. The standard InChI is InChI=1S/C10H17N5S/c1-3-10(2)8-16-9(13-10)11-4-6-15-7-5-12-14-15/h5,7H,3-4,6,8H2,1-2H3,(H,11,13). The first-order valence-corrected chi connectivity index (χ1v) is 6.50. The lowest BCUT2D eigenvalue weighted by Gasteiger charge is -2.20. The van der Waals surface area contributed by atoms with Gasteiger partial charge in [0.2, 0.25) is 0 Å². The third-order valence-electron chi connectivity index (χ3n) is 2.77. The average molecular weight is 239 g/mol. The Hall–Kier alpha value is -1.04. The van der Waals surface area contributed by atoms with Gasteiger partial charge in [-0.25, -0.2) is 0 Å². The van der Waals surface area contributed by atoms with Gasteiger partial charge in [0.25, 0.3) is 0 Å². The molecule has 1 aliphatic rings. The zero-order chi connectivity index (χ0) is 11.4. The van der Waals surface area contributed by atoms with Gasteiger partial charge >= 0.3 is 0 Å². The molecule has 16 heavy (non-hydrogen) atoms. The smallest absolute Gasteiger partial charge is 0.157 e. The summed E-state index contributed by atoms with van der Waals surface area (Å²) in [6.07, 6.45) is 4.66. The molecule has 1 aliphatic heterocycles. The molecule has 1 saturated heterocycles. The van der Waals surface area contributed by atoms with Crippen LogP contribution in [-0.4, -0.2) is 38.0 Å². The summed E-state index contributed by atoms with van der Waals surface area (Å²) in [5.41, 5.74) is 0.219. The molecule has 1 fully saturated rings. The molecule has 6 heteroatoms. The van der Waals surface area contributed by atoms with Crippen molar-refractivity contribution >= 4 is 16.9 Å². The van der Waals surface area contributed by atoms with Gasteiger partial charge in [-0.3, -0.25) is 9.67 Å². The fraction of sp³-hybridized carbons (Fsp3) is 0.700. The number of hydrogen-bond donors (Lipinski definition) is 1. The minimum atomic E-state index is 0.219. The minimum absolute atomic E-state index is 0.219. The van der Waals surface area contributed by atoms with Crippen molar-refractivity contribution in [2.45, 2.75) is 32.4 Å². The topological polar surface area (TPSA) is 55.1 Å². The zero-order valence-electron chi connectivity index (χ0n) is 9.68. The highest BCUT2D eigenvalue weighted by Gasteiger charge is 2.30. The highest BCUT2D eigenvalue weighted by molar-refractivity contribution is 8.14. The van der Waals surface area contributed by atoms with Crippen LogP contribution in [0, 0.1) is 0 Å². The van der Waals surface area contributed by atoms with Crippen molar-refractivity contribution in [2.24, 2.45) is 4.99 Å². The van der Waals surface area contributed by atoms with Crippen molar-refractivity contribution in [3.8, 4) is 0 Å². The van der Waals surface area contributed by atoms with Crippen LogP contribution in [0.4, 0.5) is 0 Å². The van der Waals surface area contributed by atoms with Crippen molar-refractivity contribution in [1.82, 2.24) is 20.3 Å². The van der Waals surface area contributed by atoms with Gasteiger partial charge in [-0.1, -0.05) is 23.9 Å². The first kappa shape index (κ1) is 11.4. The lowest BCUT2D eigenvalue weighted by atomic mass is 10.0. The van der Waals surface area contributed by atoms with Crippen molar-refractivity contribution in [1.29, 1.82) is 0 Å². The SMILES string of the molecule is CCC1(C)CSC(=NCCn2ccnn2)N1. The molecule has 0 aromatic carbocycles. The third-order valence-corrected chi connectivity index (χ3v) is 4.06. The van der Waals surface area contributed by atoms with Crippen LogP contribution in [0.15, 0.2) is 17.4 Å². The van der Waals surface area contributed by atoms with Gasteiger partial charge in [-0.15, -0.1) is 5.10 Å². The van der Waals surface area contributed by atoms with E-state index in [2.05, 4.69) is 34.5 Å². The van der Waals surface area contributed by atoms with Gasteiger partial charge in [-0.05, 0) is 13.3 Å². The summed E-state index contributed by atoms with van der Waals surface area (Å²) in [5, 5.41) is 12.2. The predicted molar refractivity (Wildman–Crippen MR) is 66.6 cm³/mol. The van der Waals surface area contributed by atoms with E-state index >= 15 is 0 Å². The molecule has 1 atom stereocenters. The number of hydrogen-bond acceptors (Lipinski definition) is 4. The molecule has 1 unspecified atom stereocenters. The normalized spacial score (nSPS) is 27.2. The number of amidine groups is 1. The van der Waals surface area contributed by atoms with Crippen molar-refractivity contribution < 1.29 is 0 Å². The molecule has 0 spiro atoms. The van der Waals surface area contributed by atoms with Crippen LogP contribution in [0.25, 0.3) is 0 Å². The fourth-order valence-corrected chi connectivity index (χ4v) is 2.67. The lowest BCUT2D eigenvalue weighted by molar-refractivity contribution is 0.466. The van der Waals surface area contributed by atoms with E-state index < -0.39 is 0 Å². The molecule has 88 valence electrons. The largest absolute Gasteiger partial charge is 0.359 e. The number of nitrogens with one attached hydrogen (secondary N) is 1. The Balaban J connectivity index is 1.81. The van der Waals surface area contributed by atoms with Gasteiger partial charge in [0, 0.05) is 17.5 Å². The van der Waals surface area contributed by atoms with Gasteiger partial charge < -0.3 is 5.32 Å². The second kappa shape index (κ2) is 4.86. The third kappa shape index (κ3) is 2.75. The summed E-state index contributed by atoms with van der Waals surface area (Å²) in [6.45, 7) is 5.97. The lowest BCUT2D eigenvalue weighted by Crippen LogP contribution is -2.39. The van der Waals surface area contributed by atoms with Gasteiger partial charge in [0.05, 0.1) is 19.3 Å². The van der Waals surface area contributed by atoms with Crippen molar-refractivity contribution in [3.63, 3.8) is 0 Å². The molecule has 1 aromatic heterocycles. The summed E-state index contributed by atoms with van der Waals surface area (Å²) in [4.78, 5) is 4.52. The van der Waals surface area contributed by atoms with E-state index in [1.807, 2.05) is 6.20 Å². The molecule has 2 rings (SSSR count). The summed E-state index contributed by atoms with van der Waals surface area (Å²) in [7, 11) is 0. The number of aromatic nitrogens is 3.